The van der Waals surface area contributed by atoms with Crippen LogP contribution in [0.15, 0.2) is 30.5 Å². The summed E-state index contributed by atoms with van der Waals surface area (Å²) in [5.41, 5.74) is 0.795. The first kappa shape index (κ1) is 37.3. The van der Waals surface area contributed by atoms with Crippen LogP contribution in [0.5, 0.6) is 0 Å². The highest BCUT2D eigenvalue weighted by atomic mass is 16.7. The molecule has 0 saturated carbocycles. The minimum absolute atomic E-state index is 0.0931. The van der Waals surface area contributed by atoms with Crippen LogP contribution in [0.3, 0.4) is 0 Å². The number of carbonyl (C=O) groups excluding carboxylic acids is 2. The van der Waals surface area contributed by atoms with E-state index in [1.807, 2.05) is 45.1 Å². The molecule has 1 aromatic carbocycles. The number of fused-ring (bicyclic) bond motifs is 1. The Labute approximate surface area is 280 Å². The topological polar surface area (TPSA) is 148 Å². The van der Waals surface area contributed by atoms with Gasteiger partial charge in [0.05, 0.1) is 29.8 Å². The van der Waals surface area contributed by atoms with E-state index in [4.69, 9.17) is 9.47 Å². The molecule has 0 aliphatic carbocycles. The van der Waals surface area contributed by atoms with Gasteiger partial charge < -0.3 is 44.9 Å². The average Bonchev–Trinajstić information content (AvgIpc) is 3.47. The Hall–Kier alpha value is -2.54. The van der Waals surface area contributed by atoms with Gasteiger partial charge >= 0.3 is 0 Å². The van der Waals surface area contributed by atoms with Crippen LogP contribution >= 0.6 is 0 Å². The number of hydrogen-bond acceptors (Lipinski definition) is 8. The smallest absolute Gasteiger partial charge is 0.225 e. The summed E-state index contributed by atoms with van der Waals surface area (Å²) >= 11 is 0. The first-order valence-corrected chi connectivity index (χ1v) is 17.2. The Morgan fingerprint density at radius 1 is 1.11 bits per heavy atom. The van der Waals surface area contributed by atoms with Crippen molar-refractivity contribution in [2.75, 3.05) is 27.7 Å². The zero-order valence-corrected chi connectivity index (χ0v) is 29.5. The lowest BCUT2D eigenvalue weighted by Gasteiger charge is -2.46. The van der Waals surface area contributed by atoms with Gasteiger partial charge in [-0.2, -0.15) is 0 Å². The molecule has 11 heteroatoms. The van der Waals surface area contributed by atoms with Crippen LogP contribution in [0.25, 0.3) is 10.9 Å². The van der Waals surface area contributed by atoms with Gasteiger partial charge in [0.2, 0.25) is 11.8 Å². The highest BCUT2D eigenvalue weighted by molar-refractivity contribution is 5.81. The number of rotatable bonds is 7. The second-order valence-electron chi connectivity index (χ2n) is 14.9. The van der Waals surface area contributed by atoms with Crippen LogP contribution in [0.4, 0.5) is 0 Å². The zero-order chi connectivity index (χ0) is 34.6. The van der Waals surface area contributed by atoms with Crippen molar-refractivity contribution in [1.82, 2.24) is 20.1 Å². The van der Waals surface area contributed by atoms with Crippen molar-refractivity contribution in [2.24, 2.45) is 17.8 Å². The summed E-state index contributed by atoms with van der Waals surface area (Å²) in [6, 6.07) is 7.74. The summed E-state index contributed by atoms with van der Waals surface area (Å²) in [6.07, 6.45) is 0.739. The molecule has 2 amide bonds. The number of nitrogens with one attached hydrogen (secondary N) is 2. The molecule has 5 N–H and O–H groups in total. The van der Waals surface area contributed by atoms with Crippen LogP contribution in [-0.2, 0) is 25.5 Å². The molecule has 11 nitrogen and oxygen atoms in total. The Morgan fingerprint density at radius 3 is 2.53 bits per heavy atom. The second kappa shape index (κ2) is 15.8. The fourth-order valence-electron chi connectivity index (χ4n) is 7.62. The average molecular weight is 659 g/mol. The first-order valence-electron chi connectivity index (χ1n) is 17.2. The molecule has 2 fully saturated rings. The summed E-state index contributed by atoms with van der Waals surface area (Å²) in [5.74, 6) is -2.13. The van der Waals surface area contributed by atoms with E-state index < -0.39 is 48.1 Å². The van der Waals surface area contributed by atoms with Gasteiger partial charge in [-0.15, -0.1) is 0 Å². The minimum Gasteiger partial charge on any atom is -0.392 e. The molecule has 2 aromatic rings. The van der Waals surface area contributed by atoms with Gasteiger partial charge in [-0.25, -0.2) is 0 Å². The predicted octanol–water partition coefficient (Wildman–Crippen LogP) is 3.06. The minimum atomic E-state index is -1.48. The van der Waals surface area contributed by atoms with Gasteiger partial charge in [0.1, 0.15) is 6.10 Å². The van der Waals surface area contributed by atoms with E-state index in [2.05, 4.69) is 28.5 Å². The van der Waals surface area contributed by atoms with E-state index in [9.17, 15) is 24.9 Å². The highest BCUT2D eigenvalue weighted by Gasteiger charge is 2.47. The molecule has 264 valence electrons. The molecule has 0 spiro atoms. The summed E-state index contributed by atoms with van der Waals surface area (Å²) < 4.78 is 12.5. The van der Waals surface area contributed by atoms with Crippen molar-refractivity contribution in [2.45, 2.75) is 122 Å². The van der Waals surface area contributed by atoms with Crippen molar-refractivity contribution in [3.05, 3.63) is 36.0 Å². The van der Waals surface area contributed by atoms with Crippen LogP contribution in [0.1, 0.15) is 72.3 Å². The van der Waals surface area contributed by atoms with E-state index >= 15 is 0 Å². The number of likely N-dealkylation sites (N-methyl/N-ethyl adjacent to an activating group) is 1. The second-order valence-corrected chi connectivity index (χ2v) is 14.9. The number of H-pyrrole nitrogens is 1. The number of aryl methyl sites for hydroxylation is 1. The number of benzene rings is 1. The molecule has 1 unspecified atom stereocenters. The van der Waals surface area contributed by atoms with Crippen molar-refractivity contribution < 1.29 is 34.4 Å². The fraction of sp³-hybridized carbons (Fsp3) is 0.722. The van der Waals surface area contributed by atoms with E-state index in [1.54, 1.807) is 32.7 Å². The zero-order valence-electron chi connectivity index (χ0n) is 29.5. The lowest BCUT2D eigenvalue weighted by molar-refractivity contribution is -0.299. The number of amides is 2. The summed E-state index contributed by atoms with van der Waals surface area (Å²) in [4.78, 5) is 33.9. The van der Waals surface area contributed by atoms with Gasteiger partial charge in [-0.3, -0.25) is 9.59 Å². The largest absolute Gasteiger partial charge is 0.392 e. The molecular weight excluding hydrogens is 600 g/mol. The number of aliphatic hydroxyl groups is 3. The maximum atomic E-state index is 13.6. The molecule has 11 atom stereocenters. The highest BCUT2D eigenvalue weighted by Crippen LogP contribution is 2.35. The number of hydrogen-bond donors (Lipinski definition) is 5. The number of carbonyl (C=O) groups is 2. The predicted molar refractivity (Wildman–Crippen MR) is 181 cm³/mol. The number of ether oxygens (including phenoxy) is 2. The van der Waals surface area contributed by atoms with E-state index in [-0.39, 0.29) is 42.7 Å². The van der Waals surface area contributed by atoms with Crippen molar-refractivity contribution in [3.8, 4) is 0 Å². The standard InChI is InChI=1S/C36H58N4O7/c1-21-19-36(5,45)33(47-35-32(43)29(39(6)7)16-22(2)46-35)23(3)31(42)24(4)34(44)38-27(18-30(41)40(8)20-21)11-9-10-25-12-13-28-26(17-25)14-15-37-28/h12-15,17,21-24,27,29,31-33,35,37,42-43,45H,9-11,16,18-20H2,1-8H3,(H,38,44)/t21-,22-,23+,24+,27?,29+,31+,32-,33-,35+,36-/m1/s1. The molecule has 1 aromatic heterocycles. The van der Waals surface area contributed by atoms with Gasteiger partial charge in [-0.1, -0.05) is 26.8 Å². The van der Waals surface area contributed by atoms with Gasteiger partial charge in [0.15, 0.2) is 6.29 Å². The van der Waals surface area contributed by atoms with Gasteiger partial charge in [0.25, 0.3) is 0 Å². The SMILES string of the molecule is C[C@H]1CN(C)C(=O)CC(CCCc2ccc3[nH]ccc3c2)NC(=O)[C@@H](C)[C@@H](O)[C@H](C)[C@@H](O[C@@H]2O[C@H](C)C[C@H](N(C)C)[C@H]2O)[C@](C)(O)C1. The lowest BCUT2D eigenvalue weighted by atomic mass is 9.77. The summed E-state index contributed by atoms with van der Waals surface area (Å²) in [6.45, 7) is 9.36. The van der Waals surface area contributed by atoms with Gasteiger partial charge in [-0.05, 0) is 95.1 Å². The molecule has 3 heterocycles. The van der Waals surface area contributed by atoms with Crippen LogP contribution < -0.4 is 5.32 Å². The Bertz CT molecular complexity index is 1330. The maximum Gasteiger partial charge on any atom is 0.225 e. The first-order chi connectivity index (χ1) is 22.1. The third kappa shape index (κ3) is 9.33. The van der Waals surface area contributed by atoms with E-state index in [0.29, 0.717) is 19.4 Å². The molecule has 0 radical (unpaired) electrons. The number of aromatic amines is 1. The quantitative estimate of drug-likeness (QED) is 0.305. The van der Waals surface area contributed by atoms with Crippen LogP contribution in [0.2, 0.25) is 0 Å². The molecule has 2 aliphatic heterocycles. The van der Waals surface area contributed by atoms with Crippen molar-refractivity contribution >= 4 is 22.7 Å². The van der Waals surface area contributed by atoms with E-state index in [0.717, 1.165) is 23.7 Å². The van der Waals surface area contributed by atoms with E-state index in [1.165, 1.54) is 5.56 Å². The Morgan fingerprint density at radius 2 is 1.83 bits per heavy atom. The third-order valence-corrected chi connectivity index (χ3v) is 10.3. The monoisotopic (exact) mass is 658 g/mol. The summed E-state index contributed by atoms with van der Waals surface area (Å²) in [7, 11) is 5.53. The van der Waals surface area contributed by atoms with Crippen molar-refractivity contribution in [3.63, 3.8) is 0 Å². The third-order valence-electron chi connectivity index (χ3n) is 10.3. The van der Waals surface area contributed by atoms with Crippen molar-refractivity contribution in [1.29, 1.82) is 0 Å². The maximum absolute atomic E-state index is 13.6. The Kier molecular flexibility index (Phi) is 12.5. The molecule has 2 aliphatic rings. The fourth-order valence-corrected chi connectivity index (χ4v) is 7.62. The number of aliphatic hydroxyl groups excluding tert-OH is 2. The molecule has 0 bridgehead atoms. The lowest BCUT2D eigenvalue weighted by Crippen LogP contribution is -2.59. The van der Waals surface area contributed by atoms with Crippen LogP contribution in [0, 0.1) is 17.8 Å². The summed E-state index contributed by atoms with van der Waals surface area (Å²) in [5, 5.41) is 39.0. The normalized spacial score (nSPS) is 36.8. The van der Waals surface area contributed by atoms with Crippen LogP contribution in [-0.4, -0.2) is 118 Å². The number of aromatic nitrogens is 1. The number of nitrogens with zero attached hydrogens (tertiary/aromatic N) is 2. The molecule has 4 rings (SSSR count). The molecular formula is C36H58N4O7. The van der Waals surface area contributed by atoms with Gasteiger partial charge in [0, 0.05) is 49.7 Å². The Balaban J connectivity index is 1.54. The molecule has 2 saturated heterocycles. The molecule has 47 heavy (non-hydrogen) atoms.